The van der Waals surface area contributed by atoms with Crippen LogP contribution >= 0.6 is 0 Å². The summed E-state index contributed by atoms with van der Waals surface area (Å²) in [6.07, 6.45) is 3.92. The molecule has 0 aromatic rings. The van der Waals surface area contributed by atoms with Crippen LogP contribution in [-0.2, 0) is 9.59 Å². The van der Waals surface area contributed by atoms with Gasteiger partial charge in [0.2, 0.25) is 0 Å². The summed E-state index contributed by atoms with van der Waals surface area (Å²) in [7, 11) is 0. The molecule has 0 aromatic heterocycles. The van der Waals surface area contributed by atoms with Crippen molar-refractivity contribution in [1.82, 2.24) is 0 Å². The van der Waals surface area contributed by atoms with E-state index in [1.807, 2.05) is 6.92 Å². The third-order valence-corrected chi connectivity index (χ3v) is 3.31. The van der Waals surface area contributed by atoms with Gasteiger partial charge in [-0.15, -0.1) is 0 Å². The van der Waals surface area contributed by atoms with Crippen LogP contribution < -0.4 is 47.9 Å². The van der Waals surface area contributed by atoms with Gasteiger partial charge in [0, 0.05) is 5.41 Å². The summed E-state index contributed by atoms with van der Waals surface area (Å²) in [6.45, 7) is 5.02. The van der Waals surface area contributed by atoms with Crippen molar-refractivity contribution >= 4 is 11.9 Å². The van der Waals surface area contributed by atoms with Crippen molar-refractivity contribution in [2.24, 2.45) is 11.3 Å². The second-order valence-corrected chi connectivity index (χ2v) is 4.38. The Bertz CT molecular complexity index is 242. The van der Waals surface area contributed by atoms with Gasteiger partial charge >= 0.3 is 37.7 Å². The Morgan fingerprint density at radius 2 is 1.50 bits per heavy atom. The first kappa shape index (κ1) is 23.2. The largest absolute Gasteiger partial charge is 1.00 e. The third kappa shape index (κ3) is 5.85. The van der Waals surface area contributed by atoms with E-state index in [0.717, 1.165) is 19.3 Å². The van der Waals surface area contributed by atoms with Gasteiger partial charge < -0.3 is 19.8 Å². The Labute approximate surface area is 133 Å². The molecular weight excluding hydrogens is 222 g/mol. The maximum atomic E-state index is 11.0. The number of hydrogen-bond donors (Lipinski definition) is 0. The van der Waals surface area contributed by atoms with Crippen molar-refractivity contribution in [3.63, 3.8) is 0 Å². The fourth-order valence-corrected chi connectivity index (χ4v) is 1.96. The summed E-state index contributed by atoms with van der Waals surface area (Å²) in [6, 6.07) is 0. The Hall–Kier alpha value is 0.135. The van der Waals surface area contributed by atoms with E-state index in [2.05, 4.69) is 0 Å². The Balaban J connectivity index is -0.00000112. The van der Waals surface area contributed by atoms with E-state index in [1.54, 1.807) is 6.92 Å². The van der Waals surface area contributed by atoms with Crippen LogP contribution in [0.1, 0.15) is 52.9 Å². The molecule has 94 valence electrons. The van der Waals surface area contributed by atoms with Gasteiger partial charge in [-0.1, -0.05) is 39.5 Å². The topological polar surface area (TPSA) is 80.3 Å². The predicted octanol–water partition coefficient (Wildman–Crippen LogP) is -5.89. The molecule has 0 amide bonds. The zero-order chi connectivity index (χ0) is 12.8. The summed E-state index contributed by atoms with van der Waals surface area (Å²) < 4.78 is 0. The van der Waals surface area contributed by atoms with Crippen molar-refractivity contribution in [1.29, 1.82) is 0 Å². The molecule has 0 N–H and O–H groups in total. The number of carbonyl (C=O) groups is 2. The monoisotopic (exact) mass is 242 g/mol. The van der Waals surface area contributed by atoms with Crippen LogP contribution in [-0.4, -0.2) is 11.9 Å². The first-order valence-corrected chi connectivity index (χ1v) is 5.84. The number of unbranched alkanes of at least 4 members (excludes halogenated alkanes) is 2. The van der Waals surface area contributed by atoms with Gasteiger partial charge in [0.15, 0.2) is 0 Å². The molecule has 1 atom stereocenters. The summed E-state index contributed by atoms with van der Waals surface area (Å²) >= 11 is 0. The van der Waals surface area contributed by atoms with Crippen molar-refractivity contribution < 1.29 is 57.5 Å². The maximum Gasteiger partial charge on any atom is 1.00 e. The van der Waals surface area contributed by atoms with Crippen molar-refractivity contribution in [2.75, 3.05) is 0 Å². The molecule has 0 bridgehead atoms. The van der Waals surface area contributed by atoms with Gasteiger partial charge in [0.1, 0.15) is 0 Å². The molecule has 0 saturated carbocycles. The molecule has 0 saturated heterocycles. The van der Waals surface area contributed by atoms with Gasteiger partial charge in [0.25, 0.3) is 0 Å². The minimum atomic E-state index is -1.87. The van der Waals surface area contributed by atoms with E-state index in [0.29, 0.717) is 12.8 Å². The number of carboxylic acid groups (broad SMARTS) is 2. The number of aliphatic carboxylic acids is 2. The van der Waals surface area contributed by atoms with Crippen LogP contribution in [0, 0.1) is 11.3 Å². The van der Waals surface area contributed by atoms with E-state index in [1.165, 1.54) is 6.92 Å². The van der Waals surface area contributed by atoms with E-state index >= 15 is 0 Å². The fraction of sp³-hybridized carbons (Fsp3) is 0.833. The second kappa shape index (κ2) is 11.0. The summed E-state index contributed by atoms with van der Waals surface area (Å²) in [5.41, 5.74) is -1.87. The predicted molar refractivity (Wildman–Crippen MR) is 56.0 cm³/mol. The number of hydrogen-bond acceptors (Lipinski definition) is 4. The van der Waals surface area contributed by atoms with E-state index < -0.39 is 23.3 Å². The zero-order valence-corrected chi connectivity index (χ0v) is 12.2. The van der Waals surface area contributed by atoms with Gasteiger partial charge in [-0.3, -0.25) is 0 Å². The SMILES string of the molecule is CCCCCC(CC)C(C)(C(=O)[O-])C(=O)[O-].[Li+].[Li+]. The van der Waals surface area contributed by atoms with Crippen molar-refractivity contribution in [3.8, 4) is 0 Å². The smallest absolute Gasteiger partial charge is 0.549 e. The molecule has 0 rings (SSSR count). The van der Waals surface area contributed by atoms with Crippen LogP contribution in [0.15, 0.2) is 0 Å². The second-order valence-electron chi connectivity index (χ2n) is 4.38. The standard InChI is InChI=1S/C12H22O4.2Li/c1-4-6-7-8-9(5-2)12(3,10(13)14)11(15)16;;/h9H,4-8H2,1-3H3,(H,13,14)(H,15,16);;/q;2*+1/p-2. The summed E-state index contributed by atoms with van der Waals surface area (Å²) in [4.78, 5) is 21.9. The molecule has 0 aliphatic carbocycles. The van der Waals surface area contributed by atoms with Crippen LogP contribution in [0.2, 0.25) is 0 Å². The van der Waals surface area contributed by atoms with Gasteiger partial charge in [-0.05, 0) is 19.3 Å². The van der Waals surface area contributed by atoms with Crippen LogP contribution in [0.25, 0.3) is 0 Å². The molecule has 0 aliphatic heterocycles. The van der Waals surface area contributed by atoms with E-state index in [9.17, 15) is 19.8 Å². The molecule has 0 spiro atoms. The molecule has 0 aromatic carbocycles. The molecule has 18 heavy (non-hydrogen) atoms. The fourth-order valence-electron chi connectivity index (χ4n) is 1.96. The molecule has 0 radical (unpaired) electrons. The molecule has 6 heteroatoms. The third-order valence-electron chi connectivity index (χ3n) is 3.31. The first-order valence-electron chi connectivity index (χ1n) is 5.84. The number of rotatable bonds is 8. The van der Waals surface area contributed by atoms with Crippen molar-refractivity contribution in [3.05, 3.63) is 0 Å². The quantitative estimate of drug-likeness (QED) is 0.241. The minimum absolute atomic E-state index is 0. The van der Waals surface area contributed by atoms with Crippen LogP contribution in [0.3, 0.4) is 0 Å². The van der Waals surface area contributed by atoms with Gasteiger partial charge in [-0.2, -0.15) is 0 Å². The normalized spacial score (nSPS) is 11.9. The van der Waals surface area contributed by atoms with Gasteiger partial charge in [0.05, 0.1) is 11.9 Å². The minimum Gasteiger partial charge on any atom is -0.549 e. The molecule has 0 fully saturated rings. The average molecular weight is 242 g/mol. The Kier molecular flexibility index (Phi) is 14.2. The van der Waals surface area contributed by atoms with E-state index in [4.69, 9.17) is 0 Å². The molecule has 0 aliphatic rings. The Morgan fingerprint density at radius 1 is 1.06 bits per heavy atom. The first-order chi connectivity index (χ1) is 7.41. The molecule has 4 nitrogen and oxygen atoms in total. The van der Waals surface area contributed by atoms with Crippen LogP contribution in [0.4, 0.5) is 0 Å². The van der Waals surface area contributed by atoms with Crippen LogP contribution in [0.5, 0.6) is 0 Å². The Morgan fingerprint density at radius 3 is 1.78 bits per heavy atom. The van der Waals surface area contributed by atoms with E-state index in [-0.39, 0.29) is 37.7 Å². The summed E-state index contributed by atoms with van der Waals surface area (Å²) in [5.74, 6) is -3.51. The molecular formula is C12H20Li2O4. The molecule has 1 unspecified atom stereocenters. The zero-order valence-electron chi connectivity index (χ0n) is 12.2. The maximum absolute atomic E-state index is 11.0. The van der Waals surface area contributed by atoms with Crippen molar-refractivity contribution in [2.45, 2.75) is 52.9 Å². The number of carboxylic acids is 2. The van der Waals surface area contributed by atoms with Gasteiger partial charge in [-0.25, -0.2) is 0 Å². The molecule has 0 heterocycles. The average Bonchev–Trinajstić information content (AvgIpc) is 2.23. The summed E-state index contributed by atoms with van der Waals surface area (Å²) in [5, 5.41) is 21.9. The number of carbonyl (C=O) groups excluding carboxylic acids is 2.